The fourth-order valence-corrected chi connectivity index (χ4v) is 5.15. The molecule has 5 nitrogen and oxygen atoms in total. The number of fused-ring (bicyclic) bond motifs is 3. The average molecular weight is 443 g/mol. The first-order chi connectivity index (χ1) is 15.5. The fourth-order valence-electron chi connectivity index (χ4n) is 4.25. The Kier molecular flexibility index (Phi) is 5.31. The Morgan fingerprint density at radius 3 is 2.28 bits per heavy atom. The molecule has 3 aromatic carbocycles. The molecule has 0 atom stereocenters. The van der Waals surface area contributed by atoms with Gasteiger partial charge in [0.05, 0.1) is 0 Å². The van der Waals surface area contributed by atoms with E-state index in [1.54, 1.807) is 24.3 Å². The number of carbonyl (C=O) groups is 3. The van der Waals surface area contributed by atoms with Crippen LogP contribution in [0.25, 0.3) is 11.1 Å². The van der Waals surface area contributed by atoms with E-state index in [-0.39, 0.29) is 17.6 Å². The van der Waals surface area contributed by atoms with E-state index < -0.39 is 0 Å². The number of thioether (sulfide) groups is 1. The summed E-state index contributed by atoms with van der Waals surface area (Å²) in [6.45, 7) is 3.41. The van der Waals surface area contributed by atoms with E-state index in [9.17, 15) is 14.4 Å². The van der Waals surface area contributed by atoms with Crippen LogP contribution in [-0.2, 0) is 0 Å². The molecule has 0 saturated carbocycles. The molecule has 0 aromatic heterocycles. The highest BCUT2D eigenvalue weighted by Gasteiger charge is 2.27. The van der Waals surface area contributed by atoms with E-state index in [4.69, 9.17) is 0 Å². The minimum Gasteiger partial charge on any atom is -0.337 e. The maximum absolute atomic E-state index is 12.9. The van der Waals surface area contributed by atoms with Crippen molar-refractivity contribution in [1.29, 1.82) is 0 Å². The fraction of sp³-hybridized carbons (Fsp3) is 0.192. The zero-order valence-electron chi connectivity index (χ0n) is 17.7. The minimum absolute atomic E-state index is 0.0305. The molecule has 1 N–H and O–H groups in total. The van der Waals surface area contributed by atoms with E-state index >= 15 is 0 Å². The summed E-state index contributed by atoms with van der Waals surface area (Å²) < 4.78 is 0. The number of aryl methyl sites for hydroxylation is 1. The molecule has 2 aliphatic rings. The zero-order valence-corrected chi connectivity index (χ0v) is 18.5. The maximum Gasteiger partial charge on any atom is 0.255 e. The van der Waals surface area contributed by atoms with Crippen molar-refractivity contribution in [2.75, 3.05) is 29.9 Å². The van der Waals surface area contributed by atoms with Crippen LogP contribution in [0.15, 0.2) is 60.7 Å². The molecule has 6 heteroatoms. The normalized spacial score (nSPS) is 14.7. The summed E-state index contributed by atoms with van der Waals surface area (Å²) in [5.74, 6) is 1.62. The summed E-state index contributed by atoms with van der Waals surface area (Å²) in [5, 5.41) is 2.92. The molecular formula is C26H22N2O3S. The Labute approximate surface area is 190 Å². The summed E-state index contributed by atoms with van der Waals surface area (Å²) in [5.41, 5.74) is 5.51. The molecule has 1 heterocycles. The molecule has 0 radical (unpaired) electrons. The van der Waals surface area contributed by atoms with Crippen molar-refractivity contribution < 1.29 is 14.4 Å². The summed E-state index contributed by atoms with van der Waals surface area (Å²) in [4.78, 5) is 40.3. The first-order valence-corrected chi connectivity index (χ1v) is 11.8. The molecule has 1 aliphatic carbocycles. The van der Waals surface area contributed by atoms with Gasteiger partial charge in [0.1, 0.15) is 0 Å². The summed E-state index contributed by atoms with van der Waals surface area (Å²) in [6, 6.07) is 18.1. The number of amides is 2. The predicted octanol–water partition coefficient (Wildman–Crippen LogP) is 4.65. The predicted molar refractivity (Wildman–Crippen MR) is 128 cm³/mol. The van der Waals surface area contributed by atoms with Crippen LogP contribution in [0.3, 0.4) is 0 Å². The smallest absolute Gasteiger partial charge is 0.255 e. The van der Waals surface area contributed by atoms with E-state index in [2.05, 4.69) is 5.32 Å². The lowest BCUT2D eigenvalue weighted by molar-refractivity contribution is 0.0772. The Morgan fingerprint density at radius 2 is 1.53 bits per heavy atom. The van der Waals surface area contributed by atoms with Crippen molar-refractivity contribution in [1.82, 2.24) is 4.90 Å². The van der Waals surface area contributed by atoms with E-state index in [0.29, 0.717) is 27.9 Å². The van der Waals surface area contributed by atoms with Crippen molar-refractivity contribution in [3.8, 4) is 11.1 Å². The second kappa shape index (κ2) is 8.28. The highest BCUT2D eigenvalue weighted by Crippen LogP contribution is 2.36. The van der Waals surface area contributed by atoms with Crippen LogP contribution in [0.4, 0.5) is 5.69 Å². The molecule has 32 heavy (non-hydrogen) atoms. The second-order valence-electron chi connectivity index (χ2n) is 8.02. The van der Waals surface area contributed by atoms with Crippen LogP contribution in [0.1, 0.15) is 42.2 Å². The largest absolute Gasteiger partial charge is 0.337 e. The number of hydrogen-bond donors (Lipinski definition) is 1. The number of hydrogen-bond acceptors (Lipinski definition) is 4. The van der Waals surface area contributed by atoms with Gasteiger partial charge in [-0.05, 0) is 53.9 Å². The first kappa shape index (κ1) is 20.5. The van der Waals surface area contributed by atoms with Crippen molar-refractivity contribution >= 4 is 35.0 Å². The van der Waals surface area contributed by atoms with Gasteiger partial charge in [-0.1, -0.05) is 30.3 Å². The number of benzene rings is 3. The SMILES string of the molecule is Cc1cc(C(=O)N2CCSCC2)ccc1NC(=O)c1ccc2c(c1)C(=O)c1ccccc1-2. The molecule has 0 unspecified atom stereocenters. The Morgan fingerprint density at radius 1 is 0.844 bits per heavy atom. The van der Waals surface area contributed by atoms with Crippen LogP contribution in [0.2, 0.25) is 0 Å². The summed E-state index contributed by atoms with van der Waals surface area (Å²) in [7, 11) is 0. The Bertz CT molecular complexity index is 1260. The van der Waals surface area contributed by atoms with Gasteiger partial charge in [-0.3, -0.25) is 14.4 Å². The summed E-state index contributed by atoms with van der Waals surface area (Å²) >= 11 is 1.86. The van der Waals surface area contributed by atoms with Crippen LogP contribution < -0.4 is 5.32 Å². The van der Waals surface area contributed by atoms with Crippen LogP contribution in [0, 0.1) is 6.92 Å². The third kappa shape index (κ3) is 3.60. The van der Waals surface area contributed by atoms with Gasteiger partial charge in [-0.15, -0.1) is 0 Å². The standard InChI is InChI=1S/C26H22N2O3S/c1-16-14-18(26(31)28-10-12-32-13-11-28)7-9-23(16)27-25(30)17-6-8-20-19-4-2-3-5-21(19)24(29)22(20)15-17/h2-9,14-15H,10-13H2,1H3,(H,27,30). The lowest BCUT2D eigenvalue weighted by atomic mass is 10.0. The Hall–Kier alpha value is -3.38. The van der Waals surface area contributed by atoms with Crippen molar-refractivity contribution in [3.63, 3.8) is 0 Å². The van der Waals surface area contributed by atoms with Crippen molar-refractivity contribution in [2.24, 2.45) is 0 Å². The van der Waals surface area contributed by atoms with Crippen LogP contribution in [-0.4, -0.2) is 47.1 Å². The van der Waals surface area contributed by atoms with E-state index in [1.165, 1.54) is 0 Å². The quantitative estimate of drug-likeness (QED) is 0.502. The number of nitrogens with zero attached hydrogens (tertiary/aromatic N) is 1. The number of carbonyl (C=O) groups excluding carboxylic acids is 3. The van der Waals surface area contributed by atoms with Gasteiger partial charge in [0.15, 0.2) is 5.78 Å². The Balaban J connectivity index is 1.34. The molecule has 0 spiro atoms. The summed E-state index contributed by atoms with van der Waals surface area (Å²) in [6.07, 6.45) is 0. The minimum atomic E-state index is -0.285. The number of ketones is 1. The molecule has 1 saturated heterocycles. The molecular weight excluding hydrogens is 420 g/mol. The molecule has 5 rings (SSSR count). The van der Waals surface area contributed by atoms with Gasteiger partial charge in [-0.2, -0.15) is 11.8 Å². The number of anilines is 1. The van der Waals surface area contributed by atoms with E-state index in [0.717, 1.165) is 41.3 Å². The van der Waals surface area contributed by atoms with Crippen LogP contribution in [0.5, 0.6) is 0 Å². The van der Waals surface area contributed by atoms with Gasteiger partial charge in [0.2, 0.25) is 0 Å². The number of rotatable bonds is 3. The molecule has 0 bridgehead atoms. The van der Waals surface area contributed by atoms with Crippen LogP contribution >= 0.6 is 11.8 Å². The molecule has 1 aliphatic heterocycles. The molecule has 160 valence electrons. The lowest BCUT2D eigenvalue weighted by Crippen LogP contribution is -2.37. The molecule has 1 fully saturated rings. The van der Waals surface area contributed by atoms with Gasteiger partial charge in [-0.25, -0.2) is 0 Å². The van der Waals surface area contributed by atoms with Crippen molar-refractivity contribution in [2.45, 2.75) is 6.92 Å². The van der Waals surface area contributed by atoms with Gasteiger partial charge < -0.3 is 10.2 Å². The first-order valence-electron chi connectivity index (χ1n) is 10.6. The molecule has 3 aromatic rings. The average Bonchev–Trinajstić information content (AvgIpc) is 3.12. The maximum atomic E-state index is 12.9. The third-order valence-corrected chi connectivity index (χ3v) is 6.95. The zero-order chi connectivity index (χ0) is 22.2. The number of nitrogens with one attached hydrogen (secondary N) is 1. The third-order valence-electron chi connectivity index (χ3n) is 6.01. The topological polar surface area (TPSA) is 66.5 Å². The van der Waals surface area contributed by atoms with Crippen molar-refractivity contribution in [3.05, 3.63) is 88.5 Å². The highest BCUT2D eigenvalue weighted by molar-refractivity contribution is 7.99. The highest BCUT2D eigenvalue weighted by atomic mass is 32.2. The van der Waals surface area contributed by atoms with E-state index in [1.807, 2.05) is 60.0 Å². The van der Waals surface area contributed by atoms with Gasteiger partial charge >= 0.3 is 0 Å². The molecule has 2 amide bonds. The second-order valence-corrected chi connectivity index (χ2v) is 9.25. The monoisotopic (exact) mass is 442 g/mol. The van der Waals surface area contributed by atoms with Gasteiger partial charge in [0, 0.05) is 52.5 Å². The lowest BCUT2D eigenvalue weighted by Gasteiger charge is -2.26. The van der Waals surface area contributed by atoms with Gasteiger partial charge in [0.25, 0.3) is 11.8 Å².